The van der Waals surface area contributed by atoms with E-state index in [0.29, 0.717) is 122 Å². The molecule has 0 radical (unpaired) electrons. The van der Waals surface area contributed by atoms with Crippen LogP contribution < -0.4 is 61.0 Å². The quantitative estimate of drug-likeness (QED) is 0.0380. The normalized spacial score (nSPS) is 13.9. The van der Waals surface area contributed by atoms with Crippen LogP contribution in [0.5, 0.6) is 0 Å². The van der Waals surface area contributed by atoms with Crippen molar-refractivity contribution in [2.45, 2.75) is 177 Å². The van der Waals surface area contributed by atoms with E-state index in [-0.39, 0.29) is 28.3 Å². The highest BCUT2D eigenvalue weighted by Gasteiger charge is 2.30. The zero-order valence-corrected chi connectivity index (χ0v) is 84.8. The Balaban J connectivity index is 0.000000123. The van der Waals surface area contributed by atoms with Crippen LogP contribution in [0.2, 0.25) is 20.1 Å². The minimum Gasteiger partial charge on any atom is -0.383 e. The van der Waals surface area contributed by atoms with Crippen molar-refractivity contribution in [1.29, 1.82) is 0 Å². The Labute approximate surface area is 846 Å². The van der Waals surface area contributed by atoms with E-state index in [1.807, 2.05) is 172 Å². The molecule has 3 saturated heterocycles. The molecule has 0 saturated carbocycles. The second-order valence-corrected chi connectivity index (χ2v) is 40.9. The van der Waals surface area contributed by atoms with Gasteiger partial charge in [-0.2, -0.15) is 30.6 Å². The number of nitrogens with one attached hydrogen (secondary N) is 5. The fraction of sp³-hybridized carbons (Fsp3) is 0.353. The van der Waals surface area contributed by atoms with Crippen LogP contribution in [0.4, 0.5) is 66.7 Å². The number of nitrogen functional groups attached to an aromatic ring is 6. The van der Waals surface area contributed by atoms with Gasteiger partial charge in [0, 0.05) is 76.8 Å². The van der Waals surface area contributed by atoms with Crippen LogP contribution in [0.15, 0.2) is 171 Å². The second kappa shape index (κ2) is 44.6. The van der Waals surface area contributed by atoms with Crippen LogP contribution in [-0.2, 0) is 61.9 Å². The van der Waals surface area contributed by atoms with Crippen molar-refractivity contribution in [2.75, 3.05) is 84.3 Å². The van der Waals surface area contributed by atoms with Crippen molar-refractivity contribution in [2.24, 2.45) is 17.8 Å². The largest absolute Gasteiger partial charge is 0.383 e. The van der Waals surface area contributed by atoms with Gasteiger partial charge in [0.15, 0.2) is 45.5 Å². The maximum absolute atomic E-state index is 13.8. The van der Waals surface area contributed by atoms with E-state index < -0.39 is 0 Å². The molecular weight excluding hydrogens is 1900 g/mol. The first kappa shape index (κ1) is 102. The summed E-state index contributed by atoms with van der Waals surface area (Å²) in [6.45, 7) is 31.1. The average molecular weight is 2020 g/mol. The molecule has 3 aliphatic heterocycles. The standard InChI is InChI=1S/C19H23FN6.C18H21ClN6.C17H20ClN7.C17H20FN5.C16H18ClN5.C15H17ClN6/c1-12-6-14(8-15(20)7-12)9-16-17-18(21)23-11-24-19(17)26(25-16)10-13-2-4-22-5-3-13;19-14-3-1-2-13(8-14)9-15-16-17(20)22-11-23-18(16)25(24-15)10-12-4-6-21-7-5-12;18-12-2-1-3-13(8-12)23-16-14-15(19)21-10-22-17(14)25(24-16)9-11-4-6-20-7-5-11;1-10-5-11(7-12(18)6-10)8-13-14-15(19)20-9-21-16(14)23(22-13)17(2,3)4;1-16(2,3)22-15-13(14(18)19-9-20-15)12(21-22)8-10-5-4-6-11(17)7-10;1-15(2,3)22-14-11(12(17)18-8-19-14)13(21-22)20-10-6-4-5-9(16)7-10/h6-8,11,13,22H,2-5,9-10H2,1H3,(H2,21,23,24);1-3,8,11-12,21H,4-7,9-10H2,(H2,20,22,23);1-3,8,10-11,20H,4-7,9H2,(H,23,24)(H2,19,21,22);5-7,9H,8H2,1-4H3,(H2,19,20,21);4-7,9H,8H2,1-3H3,(H2,18,19,20);4-8H,1-3H3,(H,20,21)(H2,17,18,19). The van der Waals surface area contributed by atoms with Crippen LogP contribution in [0.1, 0.15) is 157 Å². The molecule has 744 valence electrons. The van der Waals surface area contributed by atoms with Crippen LogP contribution in [0, 0.1) is 43.2 Å². The Morgan fingerprint density at radius 3 is 0.923 bits per heavy atom. The monoisotopic (exact) mass is 2010 g/mol. The fourth-order valence-corrected chi connectivity index (χ4v) is 18.8. The predicted octanol–water partition coefficient (Wildman–Crippen LogP) is 18.1. The molecule has 41 heteroatoms. The molecule has 0 spiro atoms. The lowest BCUT2D eigenvalue weighted by molar-refractivity contribution is 0.324. The van der Waals surface area contributed by atoms with E-state index in [0.717, 1.165) is 220 Å². The van der Waals surface area contributed by atoms with Gasteiger partial charge in [0.05, 0.1) is 60.9 Å². The topological polar surface area (TPSA) is 478 Å². The molecule has 17 N–H and O–H groups in total. The average Bonchev–Trinajstić information content (AvgIpc) is 1.57. The summed E-state index contributed by atoms with van der Waals surface area (Å²) in [5, 5.41) is 52.5. The minimum absolute atomic E-state index is 0.189. The molecule has 3 fully saturated rings. The van der Waals surface area contributed by atoms with Crippen molar-refractivity contribution < 1.29 is 8.78 Å². The van der Waals surface area contributed by atoms with E-state index in [1.165, 1.54) is 56.2 Å². The maximum atomic E-state index is 13.8. The molecule has 3 aliphatic rings. The number of rotatable bonds is 18. The molecule has 0 bridgehead atoms. The Morgan fingerprint density at radius 2 is 0.587 bits per heavy atom. The Bertz CT molecular complexity index is 7190. The van der Waals surface area contributed by atoms with Gasteiger partial charge >= 0.3 is 0 Å². The summed E-state index contributed by atoms with van der Waals surface area (Å²) in [6.07, 6.45) is 18.0. The zero-order chi connectivity index (χ0) is 101. The van der Waals surface area contributed by atoms with Crippen LogP contribution >= 0.6 is 46.4 Å². The number of benzene rings is 6. The molecule has 0 unspecified atom stereocenters. The molecule has 0 aliphatic carbocycles. The van der Waals surface area contributed by atoms with Crippen LogP contribution in [-0.4, -0.2) is 158 Å². The van der Waals surface area contributed by atoms with E-state index in [9.17, 15) is 8.78 Å². The molecule has 143 heavy (non-hydrogen) atoms. The first-order valence-electron chi connectivity index (χ1n) is 47.5. The number of aromatic nitrogens is 24. The van der Waals surface area contributed by atoms with Crippen LogP contribution in [0.25, 0.3) is 66.2 Å². The Morgan fingerprint density at radius 1 is 0.315 bits per heavy atom. The van der Waals surface area contributed by atoms with Crippen molar-refractivity contribution >= 4 is 171 Å². The third kappa shape index (κ3) is 25.2. The highest BCUT2D eigenvalue weighted by Crippen LogP contribution is 2.38. The Hall–Kier alpha value is -14.1. The van der Waals surface area contributed by atoms with Gasteiger partial charge < -0.3 is 61.0 Å². The molecule has 0 amide bonds. The molecule has 12 aromatic heterocycles. The van der Waals surface area contributed by atoms with E-state index >= 15 is 0 Å². The molecule has 35 nitrogen and oxygen atoms in total. The first-order valence-corrected chi connectivity index (χ1v) is 49.0. The number of halogens is 6. The van der Waals surface area contributed by atoms with Gasteiger partial charge in [0.2, 0.25) is 0 Å². The van der Waals surface area contributed by atoms with Gasteiger partial charge in [-0.15, -0.1) is 0 Å². The van der Waals surface area contributed by atoms with Gasteiger partial charge in [-0.1, -0.05) is 94.9 Å². The van der Waals surface area contributed by atoms with Crippen molar-refractivity contribution in [1.82, 2.24) is 134 Å². The fourth-order valence-electron chi connectivity index (χ4n) is 18.0. The van der Waals surface area contributed by atoms with Gasteiger partial charge in [-0.25, -0.2) is 96.7 Å². The molecule has 21 rings (SSSR count). The van der Waals surface area contributed by atoms with E-state index in [4.69, 9.17) is 101 Å². The van der Waals surface area contributed by atoms with Crippen molar-refractivity contribution in [3.8, 4) is 0 Å². The smallest absolute Gasteiger partial charge is 0.166 e. The lowest BCUT2D eigenvalue weighted by atomic mass is 9.98. The summed E-state index contributed by atoms with van der Waals surface area (Å²) >= 11 is 24.3. The highest BCUT2D eigenvalue weighted by atomic mass is 35.5. The van der Waals surface area contributed by atoms with E-state index in [1.54, 1.807) is 6.07 Å². The minimum atomic E-state index is -0.246. The number of piperidine rings is 3. The lowest BCUT2D eigenvalue weighted by Gasteiger charge is -2.22. The third-order valence-electron chi connectivity index (χ3n) is 24.7. The summed E-state index contributed by atoms with van der Waals surface area (Å²) in [7, 11) is 0. The summed E-state index contributed by atoms with van der Waals surface area (Å²) in [5.41, 5.74) is 51.1. The molecule has 6 aromatic carbocycles. The summed E-state index contributed by atoms with van der Waals surface area (Å²) < 4.78 is 38.9. The SMILES string of the molecule is CC(C)(C)n1nc(Cc2cccc(Cl)c2)c2c(N)ncnc21.CC(C)(C)n1nc(Nc2cccc(Cl)c2)c2c(N)ncnc21.Cc1cc(F)cc(Cc2nn(C(C)(C)C)c3ncnc(N)c23)c1.Cc1cc(F)cc(Cc2nn(CC3CCNCC3)c3ncnc(N)c23)c1.Nc1ncnc2c1c(Cc1cccc(Cl)c1)nn2CC1CCNCC1.Nc1ncnc2c1c(Nc1cccc(Cl)c1)nn2CC1CCNCC1. The predicted molar refractivity (Wildman–Crippen MR) is 566 cm³/mol. The molecule has 0 atom stereocenters. The second-order valence-electron chi connectivity index (χ2n) is 39.1. The summed E-state index contributed by atoms with van der Waals surface area (Å²) in [6, 6.07) is 40.5. The number of hydrogen-bond acceptors (Lipinski definition) is 29. The summed E-state index contributed by atoms with van der Waals surface area (Å²) in [4.78, 5) is 51.0. The van der Waals surface area contributed by atoms with Gasteiger partial charge in [0.25, 0.3) is 0 Å². The van der Waals surface area contributed by atoms with Gasteiger partial charge in [0.1, 0.15) is 95.3 Å². The van der Waals surface area contributed by atoms with Gasteiger partial charge in [-0.05, 0) is 290 Å². The number of nitrogens with two attached hydrogens (primary N) is 6. The summed E-state index contributed by atoms with van der Waals surface area (Å²) in [5.74, 6) is 5.13. The van der Waals surface area contributed by atoms with Crippen molar-refractivity contribution in [3.63, 3.8) is 0 Å². The molecular formula is C102H119Cl4F2N35. The van der Waals surface area contributed by atoms with Crippen molar-refractivity contribution in [3.05, 3.63) is 259 Å². The van der Waals surface area contributed by atoms with Crippen LogP contribution in [0.3, 0.4) is 0 Å². The first-order chi connectivity index (χ1) is 68.5. The zero-order valence-electron chi connectivity index (χ0n) is 81.8. The third-order valence-corrected chi connectivity index (χ3v) is 25.6. The number of fused-ring (bicyclic) bond motifs is 6. The van der Waals surface area contributed by atoms with E-state index in [2.05, 4.69) is 138 Å². The number of aryl methyl sites for hydroxylation is 2. The number of nitrogens with zero attached hydrogens (tertiary/aromatic N) is 24. The maximum Gasteiger partial charge on any atom is 0.166 e. The molecule has 15 heterocycles. The Kier molecular flexibility index (Phi) is 31.8. The van der Waals surface area contributed by atoms with Gasteiger partial charge in [-0.3, -0.25) is 0 Å². The number of hydrogen-bond donors (Lipinski definition) is 11. The highest BCUT2D eigenvalue weighted by molar-refractivity contribution is 6.31. The lowest BCUT2D eigenvalue weighted by Crippen LogP contribution is -2.30. The number of anilines is 10. The molecule has 18 aromatic rings.